The molecule has 30 heavy (non-hydrogen) atoms. The van der Waals surface area contributed by atoms with Gasteiger partial charge in [0.2, 0.25) is 0 Å². The number of ether oxygens (including phenoxy) is 1. The number of hydrogen-bond acceptors (Lipinski definition) is 6. The molecule has 2 aromatic heterocycles. The molecule has 0 bridgehead atoms. The van der Waals surface area contributed by atoms with Crippen LogP contribution in [-0.4, -0.2) is 54.5 Å². The lowest BCUT2D eigenvalue weighted by Crippen LogP contribution is -2.42. The summed E-state index contributed by atoms with van der Waals surface area (Å²) >= 11 is 0. The molecule has 3 aromatic rings. The van der Waals surface area contributed by atoms with E-state index in [4.69, 9.17) is 4.74 Å². The number of fused-ring (bicyclic) bond motifs is 1. The number of aromatic nitrogens is 4. The van der Waals surface area contributed by atoms with Crippen molar-refractivity contribution in [2.45, 2.75) is 45.8 Å². The highest BCUT2D eigenvalue weighted by molar-refractivity contribution is 5.78. The van der Waals surface area contributed by atoms with Crippen molar-refractivity contribution in [2.24, 2.45) is 5.92 Å². The Balaban J connectivity index is 1.37. The number of nitrogens with zero attached hydrogens (tertiary/aromatic N) is 5. The Kier molecular flexibility index (Phi) is 5.32. The minimum atomic E-state index is -0.468. The van der Waals surface area contributed by atoms with Gasteiger partial charge in [0.15, 0.2) is 0 Å². The second-order valence-electron chi connectivity index (χ2n) is 8.79. The third-order valence-electron chi connectivity index (χ3n) is 5.17. The molecule has 1 amide bonds. The second kappa shape index (κ2) is 7.93. The number of rotatable bonds is 3. The predicted octanol–water partition coefficient (Wildman–Crippen LogP) is 3.85. The number of benzene rings is 1. The monoisotopic (exact) mass is 409 g/mol. The van der Waals surface area contributed by atoms with E-state index < -0.39 is 5.60 Å². The minimum Gasteiger partial charge on any atom is -0.508 e. The van der Waals surface area contributed by atoms with E-state index in [1.54, 1.807) is 35.5 Å². The van der Waals surface area contributed by atoms with Gasteiger partial charge in [-0.05, 0) is 51.7 Å². The van der Waals surface area contributed by atoms with Crippen molar-refractivity contribution in [3.8, 4) is 17.0 Å². The Morgan fingerprint density at radius 1 is 1.20 bits per heavy atom. The van der Waals surface area contributed by atoms with E-state index in [0.29, 0.717) is 24.5 Å². The molecule has 0 unspecified atom stereocenters. The lowest BCUT2D eigenvalue weighted by Gasteiger charge is -2.33. The number of carbonyl (C=O) groups excluding carboxylic acids is 1. The highest BCUT2D eigenvalue weighted by Crippen LogP contribution is 2.24. The molecule has 0 spiro atoms. The van der Waals surface area contributed by atoms with Gasteiger partial charge in [0, 0.05) is 37.5 Å². The molecular formula is C22H27N5O3. The van der Waals surface area contributed by atoms with Gasteiger partial charge in [-0.15, -0.1) is 0 Å². The number of piperidine rings is 1. The molecular weight excluding hydrogens is 382 g/mol. The molecule has 8 nitrogen and oxygen atoms in total. The molecule has 158 valence electrons. The van der Waals surface area contributed by atoms with Crippen LogP contribution in [0.5, 0.6) is 5.75 Å². The zero-order chi connectivity index (χ0) is 21.3. The molecule has 4 rings (SSSR count). The summed E-state index contributed by atoms with van der Waals surface area (Å²) in [4.78, 5) is 23.0. The van der Waals surface area contributed by atoms with E-state index in [9.17, 15) is 9.90 Å². The van der Waals surface area contributed by atoms with Gasteiger partial charge in [-0.3, -0.25) is 9.67 Å². The summed E-state index contributed by atoms with van der Waals surface area (Å²) in [5.74, 6) is 0.624. The number of amides is 1. The average Bonchev–Trinajstić information content (AvgIpc) is 3.15. The maximum absolute atomic E-state index is 12.2. The van der Waals surface area contributed by atoms with Gasteiger partial charge in [0.05, 0.1) is 29.1 Å². The van der Waals surface area contributed by atoms with E-state index >= 15 is 0 Å². The van der Waals surface area contributed by atoms with Crippen LogP contribution in [0.25, 0.3) is 22.3 Å². The highest BCUT2D eigenvalue weighted by Gasteiger charge is 2.27. The van der Waals surface area contributed by atoms with Crippen LogP contribution in [-0.2, 0) is 11.3 Å². The van der Waals surface area contributed by atoms with Crippen LogP contribution in [0.2, 0.25) is 0 Å². The normalized spacial score (nSPS) is 15.5. The van der Waals surface area contributed by atoms with Crippen LogP contribution < -0.4 is 0 Å². The first-order chi connectivity index (χ1) is 14.3. The SMILES string of the molecule is CC(C)(C)OC(=O)N1CCC(Cn2cc(-c3cnc4ccc(O)cc4n3)cn2)CC1. The van der Waals surface area contributed by atoms with Crippen LogP contribution in [0, 0.1) is 5.92 Å². The molecule has 0 atom stereocenters. The van der Waals surface area contributed by atoms with Crippen LogP contribution >= 0.6 is 0 Å². The third kappa shape index (κ3) is 4.69. The zero-order valence-electron chi connectivity index (χ0n) is 17.6. The fourth-order valence-electron chi connectivity index (χ4n) is 3.62. The summed E-state index contributed by atoms with van der Waals surface area (Å²) in [6.45, 7) is 7.85. The van der Waals surface area contributed by atoms with Crippen LogP contribution in [0.4, 0.5) is 4.79 Å². The fourth-order valence-corrected chi connectivity index (χ4v) is 3.62. The quantitative estimate of drug-likeness (QED) is 0.706. The summed E-state index contributed by atoms with van der Waals surface area (Å²) < 4.78 is 7.39. The second-order valence-corrected chi connectivity index (χ2v) is 8.79. The van der Waals surface area contributed by atoms with E-state index in [0.717, 1.165) is 36.2 Å². The Hall–Kier alpha value is -3.16. The van der Waals surface area contributed by atoms with Crippen LogP contribution in [0.3, 0.4) is 0 Å². The van der Waals surface area contributed by atoms with Gasteiger partial charge >= 0.3 is 6.09 Å². The summed E-state index contributed by atoms with van der Waals surface area (Å²) in [5.41, 5.74) is 2.53. The largest absolute Gasteiger partial charge is 0.508 e. The van der Waals surface area contributed by atoms with E-state index in [-0.39, 0.29) is 11.8 Å². The number of phenols is 1. The first-order valence-electron chi connectivity index (χ1n) is 10.2. The predicted molar refractivity (Wildman–Crippen MR) is 113 cm³/mol. The summed E-state index contributed by atoms with van der Waals surface area (Å²) in [5, 5.41) is 14.2. The summed E-state index contributed by atoms with van der Waals surface area (Å²) in [6, 6.07) is 4.95. The van der Waals surface area contributed by atoms with Crippen molar-refractivity contribution in [1.29, 1.82) is 0 Å². The molecule has 1 aliphatic heterocycles. The first kappa shape index (κ1) is 20.1. The average molecular weight is 409 g/mol. The summed E-state index contributed by atoms with van der Waals surface area (Å²) in [7, 11) is 0. The van der Waals surface area contributed by atoms with E-state index in [2.05, 4.69) is 15.1 Å². The molecule has 1 fully saturated rings. The summed E-state index contributed by atoms with van der Waals surface area (Å²) in [6.07, 6.45) is 7.09. The van der Waals surface area contributed by atoms with Gasteiger partial charge in [-0.1, -0.05) is 0 Å². The molecule has 1 aromatic carbocycles. The van der Waals surface area contributed by atoms with Crippen molar-refractivity contribution >= 4 is 17.1 Å². The van der Waals surface area contributed by atoms with E-state index in [1.807, 2.05) is 31.6 Å². The highest BCUT2D eigenvalue weighted by atomic mass is 16.6. The topological polar surface area (TPSA) is 93.4 Å². The van der Waals surface area contributed by atoms with Crippen molar-refractivity contribution in [2.75, 3.05) is 13.1 Å². The van der Waals surface area contributed by atoms with Crippen LogP contribution in [0.15, 0.2) is 36.8 Å². The van der Waals surface area contributed by atoms with Crippen molar-refractivity contribution in [3.63, 3.8) is 0 Å². The minimum absolute atomic E-state index is 0.169. The Morgan fingerprint density at radius 3 is 2.70 bits per heavy atom. The molecule has 0 aliphatic carbocycles. The third-order valence-corrected chi connectivity index (χ3v) is 5.17. The van der Waals surface area contributed by atoms with E-state index in [1.165, 1.54) is 0 Å². The maximum atomic E-state index is 12.2. The standard InChI is InChI=1S/C22H27N5O3/c1-22(2,3)30-21(29)26-8-6-15(7-9-26)13-27-14-16(11-24-27)20-12-23-18-5-4-17(28)10-19(18)25-20/h4-5,10-12,14-15,28H,6-9,13H2,1-3H3. The Bertz CT molecular complexity index is 1050. The van der Waals surface area contributed by atoms with Crippen LogP contribution in [0.1, 0.15) is 33.6 Å². The number of aromatic hydroxyl groups is 1. The lowest BCUT2D eigenvalue weighted by molar-refractivity contribution is 0.0177. The molecule has 8 heteroatoms. The van der Waals surface area contributed by atoms with Crippen molar-refractivity contribution in [1.82, 2.24) is 24.6 Å². The molecule has 0 radical (unpaired) electrons. The van der Waals surface area contributed by atoms with Gasteiger partial charge in [0.1, 0.15) is 11.4 Å². The van der Waals surface area contributed by atoms with Crippen molar-refractivity contribution in [3.05, 3.63) is 36.8 Å². The molecule has 3 heterocycles. The van der Waals surface area contributed by atoms with Gasteiger partial charge in [-0.2, -0.15) is 5.10 Å². The molecule has 0 saturated carbocycles. The van der Waals surface area contributed by atoms with Gasteiger partial charge in [-0.25, -0.2) is 9.78 Å². The molecule has 1 N–H and O–H groups in total. The number of phenolic OH excluding ortho intramolecular Hbond substituents is 1. The Morgan fingerprint density at radius 2 is 1.97 bits per heavy atom. The fraction of sp³-hybridized carbons (Fsp3) is 0.455. The smallest absolute Gasteiger partial charge is 0.410 e. The lowest BCUT2D eigenvalue weighted by atomic mass is 9.97. The number of hydrogen-bond donors (Lipinski definition) is 1. The molecule has 1 saturated heterocycles. The number of carbonyl (C=O) groups is 1. The Labute approximate surface area is 175 Å². The first-order valence-corrected chi connectivity index (χ1v) is 10.2. The zero-order valence-corrected chi connectivity index (χ0v) is 17.6. The maximum Gasteiger partial charge on any atom is 0.410 e. The van der Waals surface area contributed by atoms with Crippen molar-refractivity contribution < 1.29 is 14.6 Å². The number of likely N-dealkylation sites (tertiary alicyclic amines) is 1. The molecule has 1 aliphatic rings. The van der Waals surface area contributed by atoms with Gasteiger partial charge < -0.3 is 14.7 Å². The van der Waals surface area contributed by atoms with Gasteiger partial charge in [0.25, 0.3) is 0 Å².